The predicted molar refractivity (Wildman–Crippen MR) is 76.6 cm³/mol. The lowest BCUT2D eigenvalue weighted by Crippen LogP contribution is -2.42. The lowest BCUT2D eigenvalue weighted by atomic mass is 10.1. The smallest absolute Gasteiger partial charge is 0.274 e. The summed E-state index contributed by atoms with van der Waals surface area (Å²) in [5, 5.41) is 12.0. The number of nitrogens with two attached hydrogens (primary N) is 1. The fraction of sp³-hybridized carbons (Fsp3) is 0.500. The van der Waals surface area contributed by atoms with Gasteiger partial charge in [0, 0.05) is 18.8 Å². The van der Waals surface area contributed by atoms with E-state index in [1.54, 1.807) is 4.90 Å². The maximum atomic E-state index is 12.1. The Balaban J connectivity index is 1.90. The molecular formula is C14H20N4O3. The van der Waals surface area contributed by atoms with Crippen LogP contribution in [0.4, 0.5) is 0 Å². The fourth-order valence-corrected chi connectivity index (χ4v) is 2.57. The Morgan fingerprint density at radius 2 is 2.33 bits per heavy atom. The average molecular weight is 292 g/mol. The summed E-state index contributed by atoms with van der Waals surface area (Å²) in [6, 6.07) is 3.03. The third-order valence-electron chi connectivity index (χ3n) is 3.72. The van der Waals surface area contributed by atoms with Gasteiger partial charge in [-0.25, -0.2) is 4.98 Å². The van der Waals surface area contributed by atoms with Gasteiger partial charge in [-0.05, 0) is 37.9 Å². The quantitative estimate of drug-likeness (QED) is 0.707. The zero-order valence-electron chi connectivity index (χ0n) is 12.0. The molecule has 1 aromatic rings. The summed E-state index contributed by atoms with van der Waals surface area (Å²) in [5.74, 6) is -0.606. The van der Waals surface area contributed by atoms with Crippen LogP contribution >= 0.6 is 0 Å². The number of likely N-dealkylation sites (tertiary alicyclic amines) is 1. The first-order valence-corrected chi connectivity index (χ1v) is 6.94. The first-order valence-electron chi connectivity index (χ1n) is 6.94. The van der Waals surface area contributed by atoms with Crippen LogP contribution in [0.2, 0.25) is 0 Å². The van der Waals surface area contributed by atoms with Gasteiger partial charge in [0.05, 0.1) is 6.54 Å². The number of rotatable bonds is 4. The molecule has 1 saturated heterocycles. The number of pyridine rings is 1. The number of hydrogen-bond donors (Lipinski definition) is 3. The highest BCUT2D eigenvalue weighted by molar-refractivity contribution is 5.96. The van der Waals surface area contributed by atoms with E-state index in [-0.39, 0.29) is 29.9 Å². The summed E-state index contributed by atoms with van der Waals surface area (Å²) in [7, 11) is 0. The Bertz CT molecular complexity index is 535. The highest BCUT2D eigenvalue weighted by Gasteiger charge is 2.31. The van der Waals surface area contributed by atoms with Crippen molar-refractivity contribution < 1.29 is 14.7 Å². The van der Waals surface area contributed by atoms with Gasteiger partial charge in [-0.1, -0.05) is 0 Å². The molecule has 2 unspecified atom stereocenters. The molecule has 114 valence electrons. The number of nitrogens with zero attached hydrogens (tertiary/aromatic N) is 2. The number of hydrogen-bond acceptors (Lipinski definition) is 5. The second kappa shape index (κ2) is 6.53. The third kappa shape index (κ3) is 3.49. The molecule has 21 heavy (non-hydrogen) atoms. The van der Waals surface area contributed by atoms with E-state index in [0.717, 1.165) is 6.42 Å². The van der Waals surface area contributed by atoms with Crippen LogP contribution in [0.3, 0.4) is 0 Å². The van der Waals surface area contributed by atoms with Gasteiger partial charge in [0.2, 0.25) is 5.91 Å². The molecule has 1 fully saturated rings. The molecule has 0 bridgehead atoms. The van der Waals surface area contributed by atoms with Gasteiger partial charge in [0.1, 0.15) is 5.75 Å². The molecule has 0 saturated carbocycles. The Morgan fingerprint density at radius 1 is 1.57 bits per heavy atom. The van der Waals surface area contributed by atoms with Crippen LogP contribution in [0.25, 0.3) is 0 Å². The molecule has 2 atom stereocenters. The van der Waals surface area contributed by atoms with E-state index < -0.39 is 5.91 Å². The maximum Gasteiger partial charge on any atom is 0.274 e. The summed E-state index contributed by atoms with van der Waals surface area (Å²) in [5.41, 5.74) is 5.55. The van der Waals surface area contributed by atoms with Gasteiger partial charge in [0.25, 0.3) is 5.91 Å². The Labute approximate surface area is 123 Å². The Morgan fingerprint density at radius 3 is 2.95 bits per heavy atom. The van der Waals surface area contributed by atoms with Crippen molar-refractivity contribution in [1.82, 2.24) is 15.2 Å². The van der Waals surface area contributed by atoms with Crippen molar-refractivity contribution in [3.8, 4) is 5.75 Å². The zero-order valence-corrected chi connectivity index (χ0v) is 12.0. The van der Waals surface area contributed by atoms with Crippen LogP contribution in [0.1, 0.15) is 23.8 Å². The van der Waals surface area contributed by atoms with E-state index in [1.807, 2.05) is 6.92 Å². The fourth-order valence-electron chi connectivity index (χ4n) is 2.57. The van der Waals surface area contributed by atoms with Crippen LogP contribution in [-0.2, 0) is 4.79 Å². The standard InChI is InChI=1S/C14H20N4O3/c1-9-5-10(6-15)8-18(9)12(20)7-17-14(21)13-11(19)3-2-4-16-13/h2-4,9-10,19H,5-8,15H2,1H3,(H,17,21). The summed E-state index contributed by atoms with van der Waals surface area (Å²) in [6.07, 6.45) is 2.29. The number of carbonyl (C=O) groups is 2. The maximum absolute atomic E-state index is 12.1. The number of nitrogens with one attached hydrogen (secondary N) is 1. The van der Waals surface area contributed by atoms with Crippen molar-refractivity contribution in [2.45, 2.75) is 19.4 Å². The van der Waals surface area contributed by atoms with E-state index >= 15 is 0 Å². The second-order valence-electron chi connectivity index (χ2n) is 5.29. The largest absolute Gasteiger partial charge is 0.505 e. The molecule has 4 N–H and O–H groups in total. The molecule has 1 aliphatic heterocycles. The molecule has 2 heterocycles. The molecule has 2 amide bonds. The lowest BCUT2D eigenvalue weighted by Gasteiger charge is -2.21. The highest BCUT2D eigenvalue weighted by Crippen LogP contribution is 2.21. The lowest BCUT2D eigenvalue weighted by molar-refractivity contribution is -0.130. The molecule has 0 aromatic carbocycles. The van der Waals surface area contributed by atoms with E-state index in [2.05, 4.69) is 10.3 Å². The van der Waals surface area contributed by atoms with Gasteiger partial charge >= 0.3 is 0 Å². The van der Waals surface area contributed by atoms with Crippen molar-refractivity contribution in [2.24, 2.45) is 11.7 Å². The van der Waals surface area contributed by atoms with Gasteiger partial charge in [-0.15, -0.1) is 0 Å². The van der Waals surface area contributed by atoms with E-state index in [4.69, 9.17) is 5.73 Å². The predicted octanol–water partition coefficient (Wildman–Crippen LogP) is -0.287. The molecular weight excluding hydrogens is 272 g/mol. The number of aromatic nitrogens is 1. The van der Waals surface area contributed by atoms with Crippen LogP contribution in [-0.4, -0.2) is 52.5 Å². The minimum atomic E-state index is -0.566. The number of carbonyl (C=O) groups excluding carboxylic acids is 2. The van der Waals surface area contributed by atoms with Gasteiger partial charge in [-0.3, -0.25) is 9.59 Å². The van der Waals surface area contributed by atoms with Crippen molar-refractivity contribution in [3.05, 3.63) is 24.0 Å². The Hall–Kier alpha value is -2.15. The summed E-state index contributed by atoms with van der Waals surface area (Å²) >= 11 is 0. The van der Waals surface area contributed by atoms with Crippen LogP contribution in [0.5, 0.6) is 5.75 Å². The summed E-state index contributed by atoms with van der Waals surface area (Å²) < 4.78 is 0. The van der Waals surface area contributed by atoms with Crippen LogP contribution < -0.4 is 11.1 Å². The molecule has 0 aliphatic carbocycles. The minimum absolute atomic E-state index is 0.0837. The highest BCUT2D eigenvalue weighted by atomic mass is 16.3. The molecule has 1 aromatic heterocycles. The van der Waals surface area contributed by atoms with E-state index in [0.29, 0.717) is 19.0 Å². The first-order chi connectivity index (χ1) is 10.0. The molecule has 7 heteroatoms. The molecule has 0 radical (unpaired) electrons. The topological polar surface area (TPSA) is 109 Å². The van der Waals surface area contributed by atoms with Crippen LogP contribution in [0, 0.1) is 5.92 Å². The van der Waals surface area contributed by atoms with E-state index in [1.165, 1.54) is 18.3 Å². The van der Waals surface area contributed by atoms with Gasteiger partial charge in [-0.2, -0.15) is 0 Å². The number of aromatic hydroxyl groups is 1. The summed E-state index contributed by atoms with van der Waals surface area (Å²) in [6.45, 7) is 3.04. The average Bonchev–Trinajstić information content (AvgIpc) is 2.86. The van der Waals surface area contributed by atoms with Crippen LogP contribution in [0.15, 0.2) is 18.3 Å². The monoisotopic (exact) mass is 292 g/mol. The van der Waals surface area contributed by atoms with Gasteiger partial charge < -0.3 is 21.1 Å². The van der Waals surface area contributed by atoms with Crippen molar-refractivity contribution in [2.75, 3.05) is 19.6 Å². The van der Waals surface area contributed by atoms with Crippen molar-refractivity contribution in [3.63, 3.8) is 0 Å². The second-order valence-corrected chi connectivity index (χ2v) is 5.29. The molecule has 1 aliphatic rings. The normalized spacial score (nSPS) is 21.3. The van der Waals surface area contributed by atoms with Crippen molar-refractivity contribution >= 4 is 11.8 Å². The van der Waals surface area contributed by atoms with E-state index in [9.17, 15) is 14.7 Å². The third-order valence-corrected chi connectivity index (χ3v) is 3.72. The zero-order chi connectivity index (χ0) is 15.4. The van der Waals surface area contributed by atoms with Crippen molar-refractivity contribution in [1.29, 1.82) is 0 Å². The SMILES string of the molecule is CC1CC(CN)CN1C(=O)CNC(=O)c1ncccc1O. The Kier molecular flexibility index (Phi) is 4.74. The number of amides is 2. The first kappa shape index (κ1) is 15.2. The molecule has 7 nitrogen and oxygen atoms in total. The molecule has 0 spiro atoms. The summed E-state index contributed by atoms with van der Waals surface area (Å²) in [4.78, 5) is 29.5. The van der Waals surface area contributed by atoms with Gasteiger partial charge in [0.15, 0.2) is 5.69 Å². The molecule has 2 rings (SSSR count). The minimum Gasteiger partial charge on any atom is -0.505 e.